The Morgan fingerprint density at radius 2 is 1.77 bits per heavy atom. The summed E-state index contributed by atoms with van der Waals surface area (Å²) in [5, 5.41) is 9.22. The van der Waals surface area contributed by atoms with Crippen LogP contribution in [0.4, 0.5) is 8.78 Å². The summed E-state index contributed by atoms with van der Waals surface area (Å²) in [6, 6.07) is 5.45. The second kappa shape index (κ2) is 10.1. The van der Waals surface area contributed by atoms with E-state index in [0.717, 1.165) is 0 Å². The Labute approximate surface area is 177 Å². The molecule has 30 heavy (non-hydrogen) atoms. The van der Waals surface area contributed by atoms with Crippen LogP contribution in [0.1, 0.15) is 6.42 Å². The van der Waals surface area contributed by atoms with Gasteiger partial charge in [-0.05, 0) is 63.5 Å². The average Bonchev–Trinajstić information content (AvgIpc) is 2.68. The summed E-state index contributed by atoms with van der Waals surface area (Å²) in [5.74, 6) is -4.24. The van der Waals surface area contributed by atoms with Crippen LogP contribution in [0, 0.1) is 11.6 Å². The molecule has 0 saturated heterocycles. The molecule has 0 bridgehead atoms. The number of amides is 1. The van der Waals surface area contributed by atoms with Crippen molar-refractivity contribution in [3.05, 3.63) is 53.1 Å². The molecule has 0 saturated carbocycles. The van der Waals surface area contributed by atoms with Gasteiger partial charge >= 0.3 is 0 Å². The topological polar surface area (TPSA) is 108 Å². The van der Waals surface area contributed by atoms with Crippen molar-refractivity contribution in [2.24, 2.45) is 0 Å². The number of benzene rings is 2. The lowest BCUT2D eigenvalue weighted by molar-refractivity contribution is -0.131. The number of hydrogen-bond donors (Lipinski definition) is 3. The van der Waals surface area contributed by atoms with E-state index in [1.54, 1.807) is 19.0 Å². The van der Waals surface area contributed by atoms with Gasteiger partial charge in [-0.3, -0.25) is 10.0 Å². The maximum atomic E-state index is 14.4. The first-order valence-corrected chi connectivity index (χ1v) is 10.4. The van der Waals surface area contributed by atoms with Gasteiger partial charge in [0.15, 0.2) is 17.4 Å². The zero-order chi connectivity index (χ0) is 22.5. The molecular weight excluding hydrogens is 444 g/mol. The van der Waals surface area contributed by atoms with Gasteiger partial charge in [-0.2, -0.15) is 4.72 Å². The van der Waals surface area contributed by atoms with Gasteiger partial charge in [0.05, 0.1) is 4.90 Å². The molecule has 0 heterocycles. The third-order valence-corrected chi connectivity index (χ3v) is 5.61. The van der Waals surface area contributed by atoms with Gasteiger partial charge in [0.1, 0.15) is 11.8 Å². The lowest BCUT2D eigenvalue weighted by Crippen LogP contribution is -2.47. The first-order valence-electron chi connectivity index (χ1n) is 8.57. The smallest absolute Gasteiger partial charge is 0.261 e. The van der Waals surface area contributed by atoms with Gasteiger partial charge in [0.2, 0.25) is 10.0 Å². The molecular formula is C18H20ClF2N3O5S. The average molecular weight is 464 g/mol. The van der Waals surface area contributed by atoms with E-state index in [0.29, 0.717) is 23.7 Å². The fourth-order valence-corrected chi connectivity index (χ4v) is 3.75. The molecule has 2 aromatic rings. The number of hydrogen-bond acceptors (Lipinski definition) is 6. The molecule has 2 aromatic carbocycles. The number of nitrogens with zero attached hydrogens (tertiary/aromatic N) is 1. The van der Waals surface area contributed by atoms with Crippen molar-refractivity contribution in [2.45, 2.75) is 17.4 Å². The first kappa shape index (κ1) is 24.0. The third kappa shape index (κ3) is 6.34. The zero-order valence-electron chi connectivity index (χ0n) is 16.0. The number of sulfonamides is 1. The number of halogens is 3. The summed E-state index contributed by atoms with van der Waals surface area (Å²) in [6.45, 7) is 0.303. The molecule has 2 rings (SSSR count). The van der Waals surface area contributed by atoms with Crippen molar-refractivity contribution in [1.29, 1.82) is 0 Å². The predicted octanol–water partition coefficient (Wildman–Crippen LogP) is 2.51. The van der Waals surface area contributed by atoms with Crippen LogP contribution in [0.25, 0.3) is 0 Å². The monoisotopic (exact) mass is 463 g/mol. The van der Waals surface area contributed by atoms with Crippen molar-refractivity contribution in [3.8, 4) is 11.5 Å². The van der Waals surface area contributed by atoms with E-state index in [9.17, 15) is 22.0 Å². The quantitative estimate of drug-likeness (QED) is 0.389. The molecule has 0 spiro atoms. The molecule has 0 aliphatic carbocycles. The summed E-state index contributed by atoms with van der Waals surface area (Å²) < 4.78 is 61.1. The van der Waals surface area contributed by atoms with E-state index >= 15 is 0 Å². The zero-order valence-corrected chi connectivity index (χ0v) is 17.6. The van der Waals surface area contributed by atoms with Crippen molar-refractivity contribution < 1.29 is 31.9 Å². The highest BCUT2D eigenvalue weighted by Gasteiger charge is 2.28. The van der Waals surface area contributed by atoms with Crippen LogP contribution in [0.2, 0.25) is 5.02 Å². The molecule has 3 N–H and O–H groups in total. The molecule has 12 heteroatoms. The van der Waals surface area contributed by atoms with E-state index in [-0.39, 0.29) is 12.2 Å². The number of hydroxylamine groups is 1. The van der Waals surface area contributed by atoms with E-state index in [1.165, 1.54) is 29.7 Å². The Hall–Kier alpha value is -2.31. The van der Waals surface area contributed by atoms with Gasteiger partial charge in [0.25, 0.3) is 5.91 Å². The summed E-state index contributed by atoms with van der Waals surface area (Å²) >= 11 is 5.74. The Morgan fingerprint density at radius 1 is 1.20 bits per heavy atom. The summed E-state index contributed by atoms with van der Waals surface area (Å²) in [4.78, 5) is 12.7. The molecule has 0 fully saturated rings. The largest absolute Gasteiger partial charge is 0.451 e. The summed E-state index contributed by atoms with van der Waals surface area (Å²) in [6.07, 6.45) is 0.00134. The third-order valence-electron chi connectivity index (χ3n) is 3.90. The number of rotatable bonds is 9. The maximum absolute atomic E-state index is 14.4. The van der Waals surface area contributed by atoms with Gasteiger partial charge in [-0.15, -0.1) is 0 Å². The van der Waals surface area contributed by atoms with Gasteiger partial charge in [-0.25, -0.2) is 22.7 Å². The van der Waals surface area contributed by atoms with Crippen molar-refractivity contribution in [1.82, 2.24) is 15.1 Å². The Morgan fingerprint density at radius 3 is 2.27 bits per heavy atom. The number of carbonyl (C=O) groups excluding carboxylic acids is 1. The van der Waals surface area contributed by atoms with Crippen molar-refractivity contribution in [2.75, 3.05) is 20.6 Å². The van der Waals surface area contributed by atoms with Crippen LogP contribution in [-0.2, 0) is 14.8 Å². The SMILES string of the molecule is CN(C)CCC(NS(=O)(=O)c1cc(F)c(Oc2ccc(Cl)cc2)c(F)c1)C(=O)NO. The highest BCUT2D eigenvalue weighted by Crippen LogP contribution is 2.30. The van der Waals surface area contributed by atoms with E-state index in [2.05, 4.69) is 0 Å². The highest BCUT2D eigenvalue weighted by atomic mass is 35.5. The van der Waals surface area contributed by atoms with Crippen LogP contribution >= 0.6 is 11.6 Å². The molecule has 1 amide bonds. The van der Waals surface area contributed by atoms with Crippen molar-refractivity contribution >= 4 is 27.5 Å². The predicted molar refractivity (Wildman–Crippen MR) is 105 cm³/mol. The minimum Gasteiger partial charge on any atom is -0.451 e. The van der Waals surface area contributed by atoms with E-state index < -0.39 is 44.3 Å². The molecule has 164 valence electrons. The molecule has 0 aliphatic heterocycles. The molecule has 0 aromatic heterocycles. The number of ether oxygens (including phenoxy) is 1. The second-order valence-electron chi connectivity index (χ2n) is 6.51. The standard InChI is InChI=1S/C18H20ClF2N3O5S/c1-24(2)8-7-16(18(25)22-26)23-30(27,28)13-9-14(20)17(15(21)10-13)29-12-5-3-11(19)4-6-12/h3-6,9-10,16,23,26H,7-8H2,1-2H3,(H,22,25). The van der Waals surface area contributed by atoms with Gasteiger partial charge < -0.3 is 9.64 Å². The van der Waals surface area contributed by atoms with Crippen LogP contribution in [0.5, 0.6) is 11.5 Å². The van der Waals surface area contributed by atoms with E-state index in [4.69, 9.17) is 21.5 Å². The minimum absolute atomic E-state index is 0.00134. The minimum atomic E-state index is -4.50. The second-order valence-corrected chi connectivity index (χ2v) is 8.66. The molecule has 1 atom stereocenters. The fourth-order valence-electron chi connectivity index (χ4n) is 2.37. The molecule has 8 nitrogen and oxygen atoms in total. The molecule has 1 unspecified atom stereocenters. The highest BCUT2D eigenvalue weighted by molar-refractivity contribution is 7.89. The Kier molecular flexibility index (Phi) is 8.10. The van der Waals surface area contributed by atoms with E-state index in [1.807, 2.05) is 4.72 Å². The fraction of sp³-hybridized carbons (Fsp3) is 0.278. The Bertz CT molecular complexity index is 980. The van der Waals surface area contributed by atoms with Crippen molar-refractivity contribution in [3.63, 3.8) is 0 Å². The Balaban J connectivity index is 2.28. The van der Waals surface area contributed by atoms with Crippen LogP contribution in [0.15, 0.2) is 41.3 Å². The normalized spacial score (nSPS) is 12.6. The lowest BCUT2D eigenvalue weighted by atomic mass is 10.2. The van der Waals surface area contributed by atoms with Crippen LogP contribution in [-0.4, -0.2) is 51.1 Å². The summed E-state index contributed by atoms with van der Waals surface area (Å²) in [5.41, 5.74) is 1.36. The molecule has 0 aliphatic rings. The van der Waals surface area contributed by atoms with Crippen LogP contribution < -0.4 is 14.9 Å². The maximum Gasteiger partial charge on any atom is 0.261 e. The van der Waals surface area contributed by atoms with Gasteiger partial charge in [0, 0.05) is 5.02 Å². The van der Waals surface area contributed by atoms with Gasteiger partial charge in [-0.1, -0.05) is 11.6 Å². The lowest BCUT2D eigenvalue weighted by Gasteiger charge is -2.19. The van der Waals surface area contributed by atoms with Crippen LogP contribution in [0.3, 0.4) is 0 Å². The number of nitrogens with one attached hydrogen (secondary N) is 2. The molecule has 0 radical (unpaired) electrons. The first-order chi connectivity index (χ1) is 14.0. The number of carbonyl (C=O) groups is 1. The summed E-state index contributed by atoms with van der Waals surface area (Å²) in [7, 11) is -1.09.